The highest BCUT2D eigenvalue weighted by atomic mass is 35.5. The zero-order chi connectivity index (χ0) is 18.3. The maximum atomic E-state index is 12.0. The van der Waals surface area contributed by atoms with Crippen LogP contribution in [0.3, 0.4) is 0 Å². The molecule has 4 nitrogen and oxygen atoms in total. The van der Waals surface area contributed by atoms with E-state index in [2.05, 4.69) is 13.2 Å². The van der Waals surface area contributed by atoms with Crippen LogP contribution >= 0.6 is 23.2 Å². The number of hydrogen-bond donors (Lipinski definition) is 0. The van der Waals surface area contributed by atoms with Gasteiger partial charge in [0.2, 0.25) is 0 Å². The largest absolute Gasteiger partial charge is 0.423 e. The van der Waals surface area contributed by atoms with Gasteiger partial charge in [-0.2, -0.15) is 0 Å². The van der Waals surface area contributed by atoms with Gasteiger partial charge in [-0.05, 0) is 43.2 Å². The first kappa shape index (κ1) is 20.5. The predicted octanol–water partition coefficient (Wildman–Crippen LogP) is 4.29. The number of esters is 2. The Morgan fingerprint density at radius 2 is 1.54 bits per heavy atom. The zero-order valence-corrected chi connectivity index (χ0v) is 16.0. The molecule has 0 aliphatic heterocycles. The van der Waals surface area contributed by atoms with E-state index in [1.165, 1.54) is 24.3 Å². The molecule has 0 fully saturated rings. The number of alkyl halides is 2. The number of carbonyl (C=O) groups excluding carboxylic acids is 2. The molecular formula is C17H18Cl2O4Si. The van der Waals surface area contributed by atoms with E-state index in [0.29, 0.717) is 38.6 Å². The summed E-state index contributed by atoms with van der Waals surface area (Å²) in [5.41, 5.74) is 0.795. The van der Waals surface area contributed by atoms with Crippen LogP contribution in [0.1, 0.15) is 20.3 Å². The molecule has 1 aromatic rings. The maximum Gasteiger partial charge on any atom is 0.338 e. The van der Waals surface area contributed by atoms with Crippen LogP contribution in [0.5, 0.6) is 11.5 Å². The zero-order valence-electron chi connectivity index (χ0n) is 13.5. The summed E-state index contributed by atoms with van der Waals surface area (Å²) in [6.45, 7) is 10.7. The second-order valence-corrected chi connectivity index (χ2v) is 8.93. The van der Waals surface area contributed by atoms with Crippen LogP contribution < -0.4 is 9.47 Å². The van der Waals surface area contributed by atoms with Gasteiger partial charge in [-0.25, -0.2) is 9.59 Å². The van der Waals surface area contributed by atoms with E-state index < -0.39 is 16.4 Å². The van der Waals surface area contributed by atoms with Crippen molar-refractivity contribution >= 4 is 44.7 Å². The van der Waals surface area contributed by atoms with Crippen LogP contribution in [0, 0.1) is 0 Å². The first-order valence-corrected chi connectivity index (χ1v) is 9.13. The molecule has 0 aliphatic rings. The van der Waals surface area contributed by atoms with Gasteiger partial charge >= 0.3 is 11.9 Å². The van der Waals surface area contributed by atoms with E-state index in [9.17, 15) is 9.59 Å². The molecule has 2 radical (unpaired) electrons. The van der Waals surface area contributed by atoms with Crippen molar-refractivity contribution in [3.63, 3.8) is 0 Å². The van der Waals surface area contributed by atoms with Gasteiger partial charge in [0.1, 0.15) is 11.5 Å². The summed E-state index contributed by atoms with van der Waals surface area (Å²) in [4.78, 5) is 23.4. The molecule has 0 amide bonds. The van der Waals surface area contributed by atoms with Crippen molar-refractivity contribution in [3.8, 4) is 11.5 Å². The third kappa shape index (κ3) is 7.34. The van der Waals surface area contributed by atoms with Crippen molar-refractivity contribution in [1.82, 2.24) is 0 Å². The highest BCUT2D eigenvalue weighted by molar-refractivity contribution is 6.69. The minimum absolute atomic E-state index is 0.147. The van der Waals surface area contributed by atoms with Crippen LogP contribution in [0.4, 0.5) is 0 Å². The van der Waals surface area contributed by atoms with Gasteiger partial charge in [0.25, 0.3) is 0 Å². The molecule has 1 aromatic carbocycles. The molecule has 0 saturated heterocycles. The fourth-order valence-electron chi connectivity index (χ4n) is 1.68. The molecule has 1 atom stereocenters. The highest BCUT2D eigenvalue weighted by Crippen LogP contribution is 2.22. The Morgan fingerprint density at radius 1 is 1.08 bits per heavy atom. The lowest BCUT2D eigenvalue weighted by Crippen LogP contribution is -2.15. The fourth-order valence-corrected chi connectivity index (χ4v) is 3.76. The van der Waals surface area contributed by atoms with E-state index in [0.717, 1.165) is 0 Å². The minimum atomic E-state index is -0.515. The number of rotatable bonds is 8. The first-order valence-electron chi connectivity index (χ1n) is 7.11. The van der Waals surface area contributed by atoms with Gasteiger partial charge in [0.05, 0.1) is 14.0 Å². The summed E-state index contributed by atoms with van der Waals surface area (Å²) >= 11 is 11.5. The lowest BCUT2D eigenvalue weighted by molar-refractivity contribution is -0.131. The van der Waals surface area contributed by atoms with Crippen LogP contribution in [0.15, 0.2) is 48.6 Å². The molecule has 0 bridgehead atoms. The molecule has 0 aromatic heterocycles. The highest BCUT2D eigenvalue weighted by Gasteiger charge is 2.16. The van der Waals surface area contributed by atoms with E-state index in [-0.39, 0.29) is 5.54 Å². The third-order valence-corrected chi connectivity index (χ3v) is 4.63. The van der Waals surface area contributed by atoms with E-state index in [1.54, 1.807) is 6.92 Å². The number of carbonyl (C=O) groups is 2. The molecule has 1 unspecified atom stereocenters. The van der Waals surface area contributed by atoms with Crippen molar-refractivity contribution in [3.05, 3.63) is 48.6 Å². The summed E-state index contributed by atoms with van der Waals surface area (Å²) in [6, 6.07) is 6.12. The predicted molar refractivity (Wildman–Crippen MR) is 97.0 cm³/mol. The number of halogens is 2. The molecule has 128 valence electrons. The molecule has 1 rings (SSSR count). The molecule has 0 N–H and O–H groups in total. The normalized spacial score (nSPS) is 11.7. The van der Waals surface area contributed by atoms with Gasteiger partial charge in [-0.3, -0.25) is 0 Å². The quantitative estimate of drug-likeness (QED) is 0.220. The topological polar surface area (TPSA) is 52.6 Å². The fraction of sp³-hybridized carbons (Fsp3) is 0.294. The Labute approximate surface area is 154 Å². The summed E-state index contributed by atoms with van der Waals surface area (Å²) in [7, 11) is 0.316. The average molecular weight is 385 g/mol. The summed E-state index contributed by atoms with van der Waals surface area (Å²) in [6.07, 6.45) is 0.460. The Bertz CT molecular complexity index is 626. The molecular weight excluding hydrogens is 367 g/mol. The van der Waals surface area contributed by atoms with Crippen molar-refractivity contribution in [2.45, 2.75) is 30.3 Å². The lowest BCUT2D eigenvalue weighted by Gasteiger charge is -2.12. The second kappa shape index (κ2) is 9.66. The van der Waals surface area contributed by atoms with E-state index in [4.69, 9.17) is 32.7 Å². The monoisotopic (exact) mass is 384 g/mol. The molecule has 0 heterocycles. The van der Waals surface area contributed by atoms with Gasteiger partial charge < -0.3 is 9.47 Å². The molecule has 7 heteroatoms. The first-order chi connectivity index (χ1) is 11.2. The van der Waals surface area contributed by atoms with E-state index >= 15 is 0 Å². The van der Waals surface area contributed by atoms with Crippen molar-refractivity contribution in [2.24, 2.45) is 0 Å². The summed E-state index contributed by atoms with van der Waals surface area (Å²) < 4.78 is 9.84. The summed E-state index contributed by atoms with van der Waals surface area (Å²) in [5.74, 6) is -0.357. The standard InChI is InChI=1S/C17H18Cl2O4Si/c1-10(2)15(20)22-13-5-7-14(8-6-13)23-16(21)11(3)9-12(4)24-17(18)19/h5-8,12,17H,1,3,9H2,2,4H3. The van der Waals surface area contributed by atoms with Crippen LogP contribution in [-0.4, -0.2) is 25.9 Å². The van der Waals surface area contributed by atoms with Gasteiger partial charge in [-0.1, -0.05) is 20.1 Å². The van der Waals surface area contributed by atoms with Crippen LogP contribution in [-0.2, 0) is 9.59 Å². The Hall–Kier alpha value is -1.56. The van der Waals surface area contributed by atoms with Gasteiger partial charge in [-0.15, -0.1) is 23.2 Å². The van der Waals surface area contributed by atoms with Crippen molar-refractivity contribution in [1.29, 1.82) is 0 Å². The Morgan fingerprint density at radius 3 is 1.96 bits per heavy atom. The number of benzene rings is 1. The molecule has 0 aliphatic carbocycles. The van der Waals surface area contributed by atoms with Crippen molar-refractivity contribution in [2.75, 3.05) is 0 Å². The lowest BCUT2D eigenvalue weighted by atomic mass is 10.2. The smallest absolute Gasteiger partial charge is 0.338 e. The summed E-state index contributed by atoms with van der Waals surface area (Å²) in [5, 5.41) is 0. The molecule has 0 saturated carbocycles. The molecule has 0 spiro atoms. The van der Waals surface area contributed by atoms with Crippen LogP contribution in [0.25, 0.3) is 0 Å². The maximum absolute atomic E-state index is 12.0. The average Bonchev–Trinajstić information content (AvgIpc) is 2.47. The Balaban J connectivity index is 2.56. The van der Waals surface area contributed by atoms with Crippen LogP contribution in [0.2, 0.25) is 5.54 Å². The van der Waals surface area contributed by atoms with Crippen molar-refractivity contribution < 1.29 is 19.1 Å². The van der Waals surface area contributed by atoms with Gasteiger partial charge in [0, 0.05) is 11.1 Å². The van der Waals surface area contributed by atoms with Gasteiger partial charge in [0.15, 0.2) is 0 Å². The number of ether oxygens (including phenoxy) is 2. The SMILES string of the molecule is C=C(C)C(=O)Oc1ccc(OC(=O)C(=C)CC(C)[Si]C(Cl)Cl)cc1. The Kier molecular flexibility index (Phi) is 8.25. The molecule has 24 heavy (non-hydrogen) atoms. The minimum Gasteiger partial charge on any atom is -0.423 e. The second-order valence-electron chi connectivity index (χ2n) is 5.21. The number of hydrogen-bond acceptors (Lipinski definition) is 4. The van der Waals surface area contributed by atoms with E-state index in [1.807, 2.05) is 6.92 Å². The third-order valence-electron chi connectivity index (χ3n) is 2.85.